The van der Waals surface area contributed by atoms with Gasteiger partial charge in [0.15, 0.2) is 0 Å². The fourth-order valence-electron chi connectivity index (χ4n) is 1.08. The number of hydrogen-bond acceptors (Lipinski definition) is 0. The summed E-state index contributed by atoms with van der Waals surface area (Å²) in [5.41, 5.74) is 0. The summed E-state index contributed by atoms with van der Waals surface area (Å²) in [7, 11) is 0. The third kappa shape index (κ3) is 1.85. The normalized spacial score (nSPS) is 39.6. The molecular weight excluding hydrogens is 214 g/mol. The molecule has 10 heavy (non-hydrogen) atoms. The van der Waals surface area contributed by atoms with Crippen LogP contribution in [0.3, 0.4) is 0 Å². The van der Waals surface area contributed by atoms with Gasteiger partial charge >= 0.3 is 0 Å². The van der Waals surface area contributed by atoms with Gasteiger partial charge in [0.25, 0.3) is 0 Å². The Morgan fingerprint density at radius 3 is 2.20 bits per heavy atom. The van der Waals surface area contributed by atoms with Crippen LogP contribution < -0.4 is 0 Å². The van der Waals surface area contributed by atoms with Crippen LogP contribution in [-0.2, 0) is 0 Å². The lowest BCUT2D eigenvalue weighted by atomic mass is 9.99. The van der Waals surface area contributed by atoms with Crippen LogP contribution in [-0.4, -0.2) is 15.1 Å². The Labute approximate surface area is 80.8 Å². The van der Waals surface area contributed by atoms with E-state index in [0.717, 1.165) is 19.3 Å². The maximum atomic E-state index is 5.87. The minimum Gasteiger partial charge on any atom is -0.121 e. The fraction of sp³-hybridized carbons (Fsp3) is 1.00. The third-order valence-electron chi connectivity index (χ3n) is 1.71. The van der Waals surface area contributed by atoms with Crippen molar-refractivity contribution >= 4 is 46.4 Å². The van der Waals surface area contributed by atoms with E-state index in [-0.39, 0.29) is 10.8 Å². The lowest BCUT2D eigenvalue weighted by molar-refractivity contribution is 0.492. The van der Waals surface area contributed by atoms with Crippen molar-refractivity contribution in [3.05, 3.63) is 0 Å². The van der Waals surface area contributed by atoms with Gasteiger partial charge in [-0.2, -0.15) is 0 Å². The highest BCUT2D eigenvalue weighted by Gasteiger charge is 2.41. The molecule has 0 unspecified atom stereocenters. The molecule has 1 saturated carbocycles. The standard InChI is InChI=1S/C6H8Cl4/c7-4-2-1-3-6(9,10)5(4)8/h4-5H,1-3H2/t4-,5+/m1/s1. The lowest BCUT2D eigenvalue weighted by Gasteiger charge is -2.33. The molecule has 1 fully saturated rings. The smallest absolute Gasteiger partial charge is 0.121 e. The van der Waals surface area contributed by atoms with Crippen molar-refractivity contribution in [3.8, 4) is 0 Å². The summed E-state index contributed by atoms with van der Waals surface area (Å²) >= 11 is 23.4. The fourth-order valence-corrected chi connectivity index (χ4v) is 2.39. The predicted octanol–water partition coefficient (Wildman–Crippen LogP) is 3.56. The Bertz CT molecular complexity index is 123. The van der Waals surface area contributed by atoms with Crippen molar-refractivity contribution in [2.24, 2.45) is 0 Å². The zero-order valence-corrected chi connectivity index (χ0v) is 8.31. The van der Waals surface area contributed by atoms with E-state index in [0.29, 0.717) is 0 Å². The van der Waals surface area contributed by atoms with Gasteiger partial charge in [-0.15, -0.1) is 23.2 Å². The van der Waals surface area contributed by atoms with Crippen molar-refractivity contribution in [3.63, 3.8) is 0 Å². The first-order valence-corrected chi connectivity index (χ1v) is 4.83. The van der Waals surface area contributed by atoms with Gasteiger partial charge in [-0.25, -0.2) is 0 Å². The van der Waals surface area contributed by atoms with Crippen molar-refractivity contribution < 1.29 is 0 Å². The van der Waals surface area contributed by atoms with E-state index in [4.69, 9.17) is 46.4 Å². The van der Waals surface area contributed by atoms with Crippen LogP contribution in [0, 0.1) is 0 Å². The molecule has 0 aromatic rings. The summed E-state index contributed by atoms with van der Waals surface area (Å²) in [4.78, 5) is 0. The van der Waals surface area contributed by atoms with E-state index in [1.165, 1.54) is 0 Å². The molecule has 0 saturated heterocycles. The van der Waals surface area contributed by atoms with E-state index < -0.39 is 4.33 Å². The first-order chi connectivity index (χ1) is 4.54. The molecular formula is C6H8Cl4. The number of hydrogen-bond donors (Lipinski definition) is 0. The molecule has 0 aliphatic heterocycles. The molecule has 1 aliphatic carbocycles. The molecule has 1 rings (SSSR count). The summed E-state index contributed by atoms with van der Waals surface area (Å²) in [6.45, 7) is 0. The van der Waals surface area contributed by atoms with Gasteiger partial charge in [0.05, 0.1) is 10.8 Å². The molecule has 0 aromatic carbocycles. The number of rotatable bonds is 0. The van der Waals surface area contributed by atoms with Crippen LogP contribution in [0.25, 0.3) is 0 Å². The molecule has 0 N–H and O–H groups in total. The minimum absolute atomic E-state index is 0.0783. The highest BCUT2D eigenvalue weighted by Crippen LogP contribution is 2.43. The average Bonchev–Trinajstić information content (AvgIpc) is 1.83. The summed E-state index contributed by atoms with van der Waals surface area (Å²) < 4.78 is -0.813. The van der Waals surface area contributed by atoms with Gasteiger partial charge in [-0.05, 0) is 19.3 Å². The van der Waals surface area contributed by atoms with Gasteiger partial charge < -0.3 is 0 Å². The van der Waals surface area contributed by atoms with Gasteiger partial charge in [0, 0.05) is 0 Å². The molecule has 0 heterocycles. The van der Waals surface area contributed by atoms with E-state index >= 15 is 0 Å². The lowest BCUT2D eigenvalue weighted by Crippen LogP contribution is -2.38. The van der Waals surface area contributed by atoms with Crippen LogP contribution in [0.2, 0.25) is 0 Å². The molecule has 4 heteroatoms. The van der Waals surface area contributed by atoms with Crippen LogP contribution in [0.4, 0.5) is 0 Å². The van der Waals surface area contributed by atoms with Crippen molar-refractivity contribution in [2.75, 3.05) is 0 Å². The SMILES string of the molecule is Cl[C@@H]1CCCC(Cl)(Cl)[C@H]1Cl. The second-order valence-electron chi connectivity index (χ2n) is 2.57. The molecule has 60 valence electrons. The molecule has 1 aliphatic rings. The van der Waals surface area contributed by atoms with Crippen LogP contribution >= 0.6 is 46.4 Å². The largest absolute Gasteiger partial charge is 0.136 e. The van der Waals surface area contributed by atoms with Gasteiger partial charge in [-0.1, -0.05) is 23.2 Å². The first kappa shape index (κ1) is 9.25. The van der Waals surface area contributed by atoms with Gasteiger partial charge in [0.2, 0.25) is 0 Å². The Morgan fingerprint density at radius 2 is 1.80 bits per heavy atom. The Morgan fingerprint density at radius 1 is 1.20 bits per heavy atom. The quantitative estimate of drug-likeness (QED) is 0.549. The first-order valence-electron chi connectivity index (χ1n) is 3.20. The van der Waals surface area contributed by atoms with E-state index in [9.17, 15) is 0 Å². The molecule has 0 radical (unpaired) electrons. The molecule has 2 atom stereocenters. The second-order valence-corrected chi connectivity index (χ2v) is 5.14. The van der Waals surface area contributed by atoms with Crippen molar-refractivity contribution in [1.29, 1.82) is 0 Å². The van der Waals surface area contributed by atoms with E-state index in [1.54, 1.807) is 0 Å². The maximum absolute atomic E-state index is 5.87. The minimum atomic E-state index is -0.813. The zero-order chi connectivity index (χ0) is 7.78. The number of halogens is 4. The van der Waals surface area contributed by atoms with Gasteiger partial charge in [0.1, 0.15) is 4.33 Å². The topological polar surface area (TPSA) is 0 Å². The third-order valence-corrected chi connectivity index (χ3v) is 4.06. The van der Waals surface area contributed by atoms with Crippen molar-refractivity contribution in [1.82, 2.24) is 0 Å². The van der Waals surface area contributed by atoms with Gasteiger partial charge in [-0.3, -0.25) is 0 Å². The summed E-state index contributed by atoms with van der Waals surface area (Å²) in [5, 5.41) is -0.392. The van der Waals surface area contributed by atoms with Crippen LogP contribution in [0.15, 0.2) is 0 Å². The maximum Gasteiger partial charge on any atom is 0.136 e. The molecule has 0 aromatic heterocycles. The molecule has 0 amide bonds. The molecule has 0 spiro atoms. The summed E-state index contributed by atoms with van der Waals surface area (Å²) in [5.74, 6) is 0. The predicted molar refractivity (Wildman–Crippen MR) is 47.6 cm³/mol. The zero-order valence-electron chi connectivity index (χ0n) is 5.29. The van der Waals surface area contributed by atoms with E-state index in [2.05, 4.69) is 0 Å². The highest BCUT2D eigenvalue weighted by molar-refractivity contribution is 6.53. The Kier molecular flexibility index (Phi) is 3.02. The number of alkyl halides is 4. The highest BCUT2D eigenvalue weighted by atomic mass is 35.5. The summed E-state index contributed by atoms with van der Waals surface area (Å²) in [6, 6.07) is 0. The average molecular weight is 222 g/mol. The van der Waals surface area contributed by atoms with Crippen LogP contribution in [0.5, 0.6) is 0 Å². The monoisotopic (exact) mass is 220 g/mol. The van der Waals surface area contributed by atoms with Crippen LogP contribution in [0.1, 0.15) is 19.3 Å². The molecule has 0 nitrogen and oxygen atoms in total. The second kappa shape index (κ2) is 3.26. The summed E-state index contributed by atoms with van der Waals surface area (Å²) in [6.07, 6.45) is 2.62. The van der Waals surface area contributed by atoms with Crippen molar-refractivity contribution in [2.45, 2.75) is 34.3 Å². The Balaban J connectivity index is 2.60. The Hall–Kier alpha value is 1.16. The molecule has 0 bridgehead atoms. The van der Waals surface area contributed by atoms with E-state index in [1.807, 2.05) is 0 Å².